The highest BCUT2D eigenvalue weighted by atomic mass is 32.2. The molecule has 1 aliphatic rings. The monoisotopic (exact) mass is 317 g/mol. The first-order valence-corrected chi connectivity index (χ1v) is 8.36. The summed E-state index contributed by atoms with van der Waals surface area (Å²) in [5.41, 5.74) is 0. The van der Waals surface area contributed by atoms with Crippen LogP contribution in [0.1, 0.15) is 25.7 Å². The van der Waals surface area contributed by atoms with Crippen LogP contribution in [0, 0.1) is 5.82 Å². The average molecular weight is 317 g/mol. The molecule has 1 aliphatic heterocycles. The molecule has 0 radical (unpaired) electrons. The SMILES string of the molecule is COc1cc(F)c(S(=O)(=O)N2CCCCCC2)cc1OC. The van der Waals surface area contributed by atoms with Crippen molar-refractivity contribution in [2.75, 3.05) is 27.3 Å². The molecule has 1 heterocycles. The first-order valence-electron chi connectivity index (χ1n) is 6.92. The fourth-order valence-corrected chi connectivity index (χ4v) is 4.03. The molecule has 0 unspecified atom stereocenters. The molecule has 0 spiro atoms. The van der Waals surface area contributed by atoms with Gasteiger partial charge in [-0.05, 0) is 12.8 Å². The second-order valence-corrected chi connectivity index (χ2v) is 6.86. The maximum absolute atomic E-state index is 14.2. The lowest BCUT2D eigenvalue weighted by Gasteiger charge is -2.21. The molecule has 1 aromatic rings. The summed E-state index contributed by atoms with van der Waals surface area (Å²) in [5.74, 6) is -0.450. The third-order valence-electron chi connectivity index (χ3n) is 3.62. The third-order valence-corrected chi connectivity index (χ3v) is 5.53. The molecule has 0 amide bonds. The molecule has 0 bridgehead atoms. The Morgan fingerprint density at radius 2 is 1.52 bits per heavy atom. The molecule has 0 aromatic heterocycles. The van der Waals surface area contributed by atoms with Crippen LogP contribution in [0.4, 0.5) is 4.39 Å². The predicted molar refractivity (Wildman–Crippen MR) is 76.7 cm³/mol. The maximum atomic E-state index is 14.2. The first kappa shape index (κ1) is 16.0. The number of sulfonamides is 1. The highest BCUT2D eigenvalue weighted by Crippen LogP contribution is 2.33. The van der Waals surface area contributed by atoms with Gasteiger partial charge in [-0.25, -0.2) is 12.8 Å². The number of hydrogen-bond acceptors (Lipinski definition) is 4. The van der Waals surface area contributed by atoms with Crippen molar-refractivity contribution in [1.29, 1.82) is 0 Å². The molecule has 7 heteroatoms. The number of rotatable bonds is 4. The number of ether oxygens (including phenoxy) is 2. The lowest BCUT2D eigenvalue weighted by atomic mass is 10.2. The summed E-state index contributed by atoms with van der Waals surface area (Å²) in [6.45, 7) is 0.853. The molecule has 0 atom stereocenters. The topological polar surface area (TPSA) is 55.8 Å². The largest absolute Gasteiger partial charge is 0.493 e. The van der Waals surface area contributed by atoms with E-state index in [4.69, 9.17) is 9.47 Å². The zero-order valence-corrected chi connectivity index (χ0v) is 13.1. The quantitative estimate of drug-likeness (QED) is 0.856. The van der Waals surface area contributed by atoms with E-state index in [0.717, 1.165) is 31.7 Å². The smallest absolute Gasteiger partial charge is 0.246 e. The van der Waals surface area contributed by atoms with Crippen molar-refractivity contribution in [3.8, 4) is 11.5 Å². The van der Waals surface area contributed by atoms with Crippen molar-refractivity contribution in [3.63, 3.8) is 0 Å². The number of methoxy groups -OCH3 is 2. The molecule has 2 rings (SSSR count). The minimum Gasteiger partial charge on any atom is -0.493 e. The van der Waals surface area contributed by atoms with E-state index in [1.54, 1.807) is 0 Å². The van der Waals surface area contributed by atoms with Crippen molar-refractivity contribution in [2.45, 2.75) is 30.6 Å². The highest BCUT2D eigenvalue weighted by Gasteiger charge is 2.29. The molecule has 1 saturated heterocycles. The van der Waals surface area contributed by atoms with Crippen molar-refractivity contribution in [3.05, 3.63) is 17.9 Å². The molecule has 0 N–H and O–H groups in total. The molecule has 5 nitrogen and oxygen atoms in total. The summed E-state index contributed by atoms with van der Waals surface area (Å²) in [4.78, 5) is -0.359. The van der Waals surface area contributed by atoms with Crippen molar-refractivity contribution in [1.82, 2.24) is 4.31 Å². The number of nitrogens with zero attached hydrogens (tertiary/aromatic N) is 1. The van der Waals surface area contributed by atoms with Gasteiger partial charge in [0.1, 0.15) is 10.7 Å². The van der Waals surface area contributed by atoms with Crippen molar-refractivity contribution in [2.24, 2.45) is 0 Å². The maximum Gasteiger partial charge on any atom is 0.246 e. The van der Waals surface area contributed by atoms with E-state index < -0.39 is 15.8 Å². The van der Waals surface area contributed by atoms with E-state index >= 15 is 0 Å². The second-order valence-electron chi connectivity index (χ2n) is 4.96. The summed E-state index contributed by atoms with van der Waals surface area (Å²) in [7, 11) is -1.09. The minimum atomic E-state index is -3.85. The normalized spacial score (nSPS) is 17.3. The zero-order valence-electron chi connectivity index (χ0n) is 12.3. The van der Waals surface area contributed by atoms with Gasteiger partial charge in [0.2, 0.25) is 10.0 Å². The standard InChI is InChI=1S/C14H20FNO4S/c1-19-12-9-11(15)14(10-13(12)20-2)21(17,18)16-7-5-3-4-6-8-16/h9-10H,3-8H2,1-2H3. The summed E-state index contributed by atoms with van der Waals surface area (Å²) >= 11 is 0. The fourth-order valence-electron chi connectivity index (χ4n) is 2.45. The van der Waals surface area contributed by atoms with Gasteiger partial charge >= 0.3 is 0 Å². The number of halogens is 1. The van der Waals surface area contributed by atoms with Gasteiger partial charge in [0.15, 0.2) is 11.5 Å². The summed E-state index contributed by atoms with van der Waals surface area (Å²) < 4.78 is 50.8. The molecular weight excluding hydrogens is 297 g/mol. The van der Waals surface area contributed by atoms with Gasteiger partial charge in [-0.3, -0.25) is 0 Å². The molecule has 0 saturated carbocycles. The van der Waals surface area contributed by atoms with E-state index in [-0.39, 0.29) is 16.4 Å². The van der Waals surface area contributed by atoms with Gasteiger partial charge in [0.25, 0.3) is 0 Å². The van der Waals surface area contributed by atoms with E-state index in [9.17, 15) is 12.8 Å². The van der Waals surface area contributed by atoms with Gasteiger partial charge in [-0.15, -0.1) is 0 Å². The minimum absolute atomic E-state index is 0.171. The van der Waals surface area contributed by atoms with Crippen LogP contribution < -0.4 is 9.47 Å². The van der Waals surface area contributed by atoms with Crippen LogP contribution in [0.15, 0.2) is 17.0 Å². The van der Waals surface area contributed by atoms with Gasteiger partial charge in [0, 0.05) is 25.2 Å². The fraction of sp³-hybridized carbons (Fsp3) is 0.571. The Morgan fingerprint density at radius 1 is 1.00 bits per heavy atom. The Bertz CT molecular complexity index is 595. The number of benzene rings is 1. The van der Waals surface area contributed by atoms with E-state index in [2.05, 4.69) is 0 Å². The lowest BCUT2D eigenvalue weighted by molar-refractivity contribution is 0.349. The molecule has 0 aliphatic carbocycles. The summed E-state index contributed by atoms with van der Waals surface area (Å²) in [6.07, 6.45) is 3.60. The van der Waals surface area contributed by atoms with Crippen LogP contribution in [0.3, 0.4) is 0 Å². The van der Waals surface area contributed by atoms with Crippen molar-refractivity contribution >= 4 is 10.0 Å². The van der Waals surface area contributed by atoms with Crippen LogP contribution in [0.25, 0.3) is 0 Å². The Morgan fingerprint density at radius 3 is 2.05 bits per heavy atom. The Hall–Kier alpha value is -1.34. The van der Waals surface area contributed by atoms with Crippen LogP contribution in [0.5, 0.6) is 11.5 Å². The van der Waals surface area contributed by atoms with Gasteiger partial charge in [0.05, 0.1) is 14.2 Å². The molecule has 21 heavy (non-hydrogen) atoms. The zero-order chi connectivity index (χ0) is 15.5. The molecule has 1 aromatic carbocycles. The van der Waals surface area contributed by atoms with Crippen LogP contribution >= 0.6 is 0 Å². The number of hydrogen-bond donors (Lipinski definition) is 0. The van der Waals surface area contributed by atoms with E-state index in [1.165, 1.54) is 24.6 Å². The average Bonchev–Trinajstić information content (AvgIpc) is 2.76. The van der Waals surface area contributed by atoms with Crippen LogP contribution in [0.2, 0.25) is 0 Å². The van der Waals surface area contributed by atoms with Gasteiger partial charge in [-0.1, -0.05) is 12.8 Å². The molecule has 1 fully saturated rings. The van der Waals surface area contributed by atoms with Crippen LogP contribution in [-0.2, 0) is 10.0 Å². The highest BCUT2D eigenvalue weighted by molar-refractivity contribution is 7.89. The van der Waals surface area contributed by atoms with Gasteiger partial charge < -0.3 is 9.47 Å². The van der Waals surface area contributed by atoms with E-state index in [1.807, 2.05) is 0 Å². The summed E-state index contributed by atoms with van der Waals surface area (Å²) in [5, 5.41) is 0. The molecular formula is C14H20FNO4S. The third kappa shape index (κ3) is 3.29. The van der Waals surface area contributed by atoms with E-state index in [0.29, 0.717) is 13.1 Å². The second kappa shape index (κ2) is 6.62. The molecule has 118 valence electrons. The first-order chi connectivity index (χ1) is 10.0. The lowest BCUT2D eigenvalue weighted by Crippen LogP contribution is -2.32. The van der Waals surface area contributed by atoms with Crippen LogP contribution in [-0.4, -0.2) is 40.0 Å². The Balaban J connectivity index is 2.43. The van der Waals surface area contributed by atoms with Gasteiger partial charge in [-0.2, -0.15) is 4.31 Å². The Kier molecular flexibility index (Phi) is 5.05. The summed E-state index contributed by atoms with van der Waals surface area (Å²) in [6, 6.07) is 2.23. The van der Waals surface area contributed by atoms with Crippen molar-refractivity contribution < 1.29 is 22.3 Å². The predicted octanol–water partition coefficient (Wildman–Crippen LogP) is 2.41. The Labute approximate surface area is 124 Å².